The fourth-order valence-corrected chi connectivity index (χ4v) is 6.77. The van der Waals surface area contributed by atoms with E-state index in [2.05, 4.69) is 11.4 Å². The van der Waals surface area contributed by atoms with Gasteiger partial charge in [0.2, 0.25) is 0 Å². The summed E-state index contributed by atoms with van der Waals surface area (Å²) in [6.07, 6.45) is 4.04. The van der Waals surface area contributed by atoms with Crippen LogP contribution in [0.5, 0.6) is 0 Å². The van der Waals surface area contributed by atoms with E-state index in [0.29, 0.717) is 38.8 Å². The molecule has 0 amide bonds. The van der Waals surface area contributed by atoms with Gasteiger partial charge in [-0.15, -0.1) is 23.5 Å². The Kier molecular flexibility index (Phi) is 7.83. The normalized spacial score (nSPS) is 12.2. The molecule has 1 aliphatic carbocycles. The quantitative estimate of drug-likeness (QED) is 0.106. The molecule has 6 nitrogen and oxygen atoms in total. The van der Waals surface area contributed by atoms with E-state index in [-0.39, 0.29) is 4.90 Å². The third-order valence-corrected chi connectivity index (χ3v) is 9.35. The van der Waals surface area contributed by atoms with Crippen molar-refractivity contribution < 1.29 is 17.4 Å². The Hall–Kier alpha value is -4.02. The molecule has 0 saturated carbocycles. The van der Waals surface area contributed by atoms with Gasteiger partial charge in [0.25, 0.3) is 10.1 Å². The molecule has 0 atom stereocenters. The van der Waals surface area contributed by atoms with Gasteiger partial charge in [-0.2, -0.15) is 8.42 Å². The molecule has 0 spiro atoms. The van der Waals surface area contributed by atoms with Gasteiger partial charge in [0, 0.05) is 49.7 Å². The van der Waals surface area contributed by atoms with Crippen LogP contribution in [-0.4, -0.2) is 25.5 Å². The predicted octanol–water partition coefficient (Wildman–Crippen LogP) is 8.87. The van der Waals surface area contributed by atoms with E-state index in [9.17, 15) is 13.0 Å². The molecule has 0 saturated heterocycles. The molecule has 1 aliphatic heterocycles. The van der Waals surface area contributed by atoms with Gasteiger partial charge in [-0.1, -0.05) is 42.5 Å². The first-order chi connectivity index (χ1) is 20.4. The number of benzene rings is 5. The van der Waals surface area contributed by atoms with Gasteiger partial charge >= 0.3 is 0 Å². The summed E-state index contributed by atoms with van der Waals surface area (Å²) in [6, 6.07) is 33.8. The van der Waals surface area contributed by atoms with Crippen molar-refractivity contribution in [3.63, 3.8) is 0 Å². The average molecular weight is 611 g/mol. The molecule has 2 aliphatic rings. The minimum Gasteiger partial charge on any atom is -0.456 e. The zero-order chi connectivity index (χ0) is 29.3. The van der Waals surface area contributed by atoms with E-state index in [4.69, 9.17) is 9.41 Å². The molecule has 1 heterocycles. The number of para-hydroxylation sites is 2. The van der Waals surface area contributed by atoms with E-state index in [1.807, 2.05) is 91.4 Å². The highest BCUT2D eigenvalue weighted by Gasteiger charge is 2.23. The Balaban J connectivity index is 1.61. The van der Waals surface area contributed by atoms with Gasteiger partial charge in [-0.3, -0.25) is 4.55 Å². The van der Waals surface area contributed by atoms with Crippen LogP contribution >= 0.6 is 23.5 Å². The Bertz CT molecular complexity index is 2090. The van der Waals surface area contributed by atoms with Crippen molar-refractivity contribution in [1.82, 2.24) is 0 Å². The molecule has 2 N–H and O–H groups in total. The number of nitrogens with zero attached hydrogens (tertiary/aromatic N) is 1. The molecular weight excluding hydrogens is 585 g/mol. The monoisotopic (exact) mass is 610 g/mol. The number of nitrogens with one attached hydrogen (secondary N) is 1. The van der Waals surface area contributed by atoms with Crippen molar-refractivity contribution in [2.45, 2.75) is 14.7 Å². The third kappa shape index (κ3) is 5.56. The second-order valence-electron chi connectivity index (χ2n) is 9.45. The van der Waals surface area contributed by atoms with Crippen LogP contribution in [0.15, 0.2) is 133 Å². The van der Waals surface area contributed by atoms with E-state index >= 15 is 0 Å². The largest absolute Gasteiger partial charge is 0.456 e. The van der Waals surface area contributed by atoms with Gasteiger partial charge in [0.15, 0.2) is 0 Å². The van der Waals surface area contributed by atoms with E-state index < -0.39 is 10.1 Å². The number of rotatable bonds is 7. The Morgan fingerprint density at radius 1 is 0.762 bits per heavy atom. The molecule has 4 aromatic carbocycles. The van der Waals surface area contributed by atoms with Crippen molar-refractivity contribution >= 4 is 61.7 Å². The van der Waals surface area contributed by atoms with Crippen LogP contribution in [0.1, 0.15) is 0 Å². The third-order valence-electron chi connectivity index (χ3n) is 6.86. The fraction of sp³-hybridized carbons (Fsp3) is 0.0606. The first-order valence-electron chi connectivity index (χ1n) is 13.0. The molecule has 0 aromatic heterocycles. The smallest absolute Gasteiger partial charge is 0.295 e. The number of fused-ring (bicyclic) bond motifs is 2. The zero-order valence-electron chi connectivity index (χ0n) is 22.7. The Morgan fingerprint density at radius 3 is 2.26 bits per heavy atom. The van der Waals surface area contributed by atoms with Crippen molar-refractivity contribution in [2.24, 2.45) is 4.99 Å². The van der Waals surface area contributed by atoms with Gasteiger partial charge < -0.3 is 9.73 Å². The molecule has 0 radical (unpaired) electrons. The summed E-state index contributed by atoms with van der Waals surface area (Å²) >= 11 is 3.27. The molecule has 6 rings (SSSR count). The average Bonchev–Trinajstić information content (AvgIpc) is 3.00. The highest BCUT2D eigenvalue weighted by Crippen LogP contribution is 2.43. The summed E-state index contributed by atoms with van der Waals surface area (Å²) in [5, 5.41) is 4.88. The van der Waals surface area contributed by atoms with Crippen LogP contribution in [0.4, 0.5) is 17.1 Å². The summed E-state index contributed by atoms with van der Waals surface area (Å²) in [7, 11) is -4.50. The molecule has 0 fully saturated rings. The molecule has 9 heteroatoms. The molecule has 0 bridgehead atoms. The van der Waals surface area contributed by atoms with Crippen LogP contribution in [-0.2, 0) is 10.1 Å². The Morgan fingerprint density at radius 2 is 1.48 bits per heavy atom. The summed E-state index contributed by atoms with van der Waals surface area (Å²) in [4.78, 5) is 6.85. The van der Waals surface area contributed by atoms with Crippen LogP contribution in [0.2, 0.25) is 0 Å². The van der Waals surface area contributed by atoms with Crippen molar-refractivity contribution in [2.75, 3.05) is 17.8 Å². The SMILES string of the molecule is CSc1ccccc1N=c1ccc2c(-c3ccccc3S(=O)(=O)O)c3ccc(Nc4ccccc4SC)cc3oc-2c1. The van der Waals surface area contributed by atoms with Crippen LogP contribution in [0, 0.1) is 0 Å². The number of anilines is 2. The standard InChI is InChI=1S/C33H26N2O4S3/c1-40-30-12-6-4-10-26(30)34-21-15-17-23-28(19-21)39-29-20-22(35-27-11-5-7-13-31(27)41-2)16-18-24(29)33(23)25-9-3-8-14-32(25)42(36,37)38/h3-20,34H,1-2H3,(H,36,37,38). The van der Waals surface area contributed by atoms with Crippen molar-refractivity contribution in [3.8, 4) is 22.5 Å². The minimum absolute atomic E-state index is 0.169. The van der Waals surface area contributed by atoms with E-state index in [1.165, 1.54) is 6.07 Å². The van der Waals surface area contributed by atoms with E-state index in [1.54, 1.807) is 41.7 Å². The molecule has 42 heavy (non-hydrogen) atoms. The lowest BCUT2D eigenvalue weighted by atomic mass is 9.93. The summed E-state index contributed by atoms with van der Waals surface area (Å²) in [5.74, 6) is 0.534. The van der Waals surface area contributed by atoms with Gasteiger partial charge in [0.05, 0.1) is 16.7 Å². The lowest BCUT2D eigenvalue weighted by Crippen LogP contribution is -2.05. The topological polar surface area (TPSA) is 91.9 Å². The minimum atomic E-state index is -4.50. The van der Waals surface area contributed by atoms with Gasteiger partial charge in [-0.25, -0.2) is 4.99 Å². The lowest BCUT2D eigenvalue weighted by Gasteiger charge is -2.18. The lowest BCUT2D eigenvalue weighted by molar-refractivity contribution is 0.483. The molecule has 4 aromatic rings. The predicted molar refractivity (Wildman–Crippen MR) is 173 cm³/mol. The number of hydrogen-bond donors (Lipinski definition) is 2. The maximum absolute atomic E-state index is 12.4. The molecule has 0 unspecified atom stereocenters. The van der Waals surface area contributed by atoms with Crippen molar-refractivity contribution in [3.05, 3.63) is 115 Å². The summed E-state index contributed by atoms with van der Waals surface area (Å²) in [6.45, 7) is 0. The molecule has 210 valence electrons. The number of hydrogen-bond acceptors (Lipinski definition) is 7. The second-order valence-corrected chi connectivity index (χ2v) is 12.5. The highest BCUT2D eigenvalue weighted by atomic mass is 32.2. The van der Waals surface area contributed by atoms with Crippen LogP contribution < -0.4 is 10.7 Å². The first kappa shape index (κ1) is 28.1. The van der Waals surface area contributed by atoms with Gasteiger partial charge in [0.1, 0.15) is 16.2 Å². The van der Waals surface area contributed by atoms with E-state index in [0.717, 1.165) is 26.9 Å². The zero-order valence-corrected chi connectivity index (χ0v) is 25.2. The maximum Gasteiger partial charge on any atom is 0.295 e. The fourth-order valence-electron chi connectivity index (χ4n) is 4.98. The molecular formula is C33H26N2O4S3. The summed E-state index contributed by atoms with van der Waals surface area (Å²) in [5.41, 5.74) is 4.91. The van der Waals surface area contributed by atoms with Gasteiger partial charge in [-0.05, 0) is 67.1 Å². The maximum atomic E-state index is 12.4. The second kappa shape index (κ2) is 11.7. The Labute approximate surface area is 252 Å². The highest BCUT2D eigenvalue weighted by molar-refractivity contribution is 7.99. The van der Waals surface area contributed by atoms with Crippen LogP contribution in [0.25, 0.3) is 33.4 Å². The van der Waals surface area contributed by atoms with Crippen LogP contribution in [0.3, 0.4) is 0 Å². The first-order valence-corrected chi connectivity index (χ1v) is 16.9. The summed E-state index contributed by atoms with van der Waals surface area (Å²) < 4.78 is 41.5. The van der Waals surface area contributed by atoms with Crippen molar-refractivity contribution in [1.29, 1.82) is 0 Å². The number of thioether (sulfide) groups is 2.